The molecule has 4 rings (SSSR count). The molecule has 0 radical (unpaired) electrons. The molecule has 0 N–H and O–H groups in total. The van der Waals surface area contributed by atoms with Gasteiger partial charge in [-0.15, -0.1) is 0 Å². The number of likely N-dealkylation sites (tertiary alicyclic amines) is 1. The maximum Gasteiger partial charge on any atom is 0.256 e. The summed E-state index contributed by atoms with van der Waals surface area (Å²) < 4.78 is 5.52. The van der Waals surface area contributed by atoms with Crippen molar-refractivity contribution in [3.63, 3.8) is 0 Å². The van der Waals surface area contributed by atoms with Crippen molar-refractivity contribution in [2.24, 2.45) is 0 Å². The summed E-state index contributed by atoms with van der Waals surface area (Å²) in [5, 5.41) is 0. The minimum atomic E-state index is 0.0112. The molecule has 4 heterocycles. The Morgan fingerprint density at radius 3 is 2.57 bits per heavy atom. The van der Waals surface area contributed by atoms with Crippen LogP contribution < -0.4 is 0 Å². The molecule has 1 saturated heterocycles. The van der Waals surface area contributed by atoms with Crippen LogP contribution in [0.1, 0.15) is 34.5 Å². The van der Waals surface area contributed by atoms with Crippen molar-refractivity contribution in [3.05, 3.63) is 84.3 Å². The second-order valence-corrected chi connectivity index (χ2v) is 7.12. The molecule has 0 saturated carbocycles. The number of rotatable bonds is 6. The molecule has 6 heteroatoms. The Labute approximate surface area is 164 Å². The minimum Gasteiger partial charge on any atom is -0.467 e. The van der Waals surface area contributed by atoms with Gasteiger partial charge in [-0.2, -0.15) is 0 Å². The second-order valence-electron chi connectivity index (χ2n) is 7.12. The molecule has 3 aromatic rings. The molecule has 0 unspecified atom stereocenters. The number of piperidine rings is 1. The van der Waals surface area contributed by atoms with E-state index in [0.29, 0.717) is 12.1 Å². The number of nitrogens with zero attached hydrogens (tertiary/aromatic N) is 4. The highest BCUT2D eigenvalue weighted by Crippen LogP contribution is 2.22. The van der Waals surface area contributed by atoms with Crippen molar-refractivity contribution in [1.29, 1.82) is 0 Å². The summed E-state index contributed by atoms with van der Waals surface area (Å²) >= 11 is 0. The number of aromatic nitrogens is 2. The van der Waals surface area contributed by atoms with Gasteiger partial charge in [0.1, 0.15) is 5.76 Å². The first kappa shape index (κ1) is 18.4. The maximum absolute atomic E-state index is 13.2. The lowest BCUT2D eigenvalue weighted by Crippen LogP contribution is -2.46. The highest BCUT2D eigenvalue weighted by Gasteiger charge is 2.29. The van der Waals surface area contributed by atoms with Gasteiger partial charge in [-0.05, 0) is 54.8 Å². The summed E-state index contributed by atoms with van der Waals surface area (Å²) in [5.41, 5.74) is 1.89. The fraction of sp³-hybridized carbons (Fsp3) is 0.318. The Hall–Kier alpha value is -2.99. The SMILES string of the molecule is O=C(c1cccnc1)N(Cc1ccco1)C1CCN(Cc2ccncc2)CC1. The Morgan fingerprint density at radius 2 is 1.89 bits per heavy atom. The third-order valence-corrected chi connectivity index (χ3v) is 5.23. The average Bonchev–Trinajstić information content (AvgIpc) is 3.27. The minimum absolute atomic E-state index is 0.0112. The molecule has 0 aromatic carbocycles. The predicted octanol–water partition coefficient (Wildman–Crippen LogP) is 3.38. The molecule has 144 valence electrons. The number of carbonyl (C=O) groups excluding carboxylic acids is 1. The maximum atomic E-state index is 13.2. The molecule has 3 aromatic heterocycles. The van der Waals surface area contributed by atoms with Crippen molar-refractivity contribution in [2.75, 3.05) is 13.1 Å². The van der Waals surface area contributed by atoms with Crippen LogP contribution in [0, 0.1) is 0 Å². The zero-order chi connectivity index (χ0) is 19.2. The second kappa shape index (κ2) is 8.80. The van der Waals surface area contributed by atoms with Gasteiger partial charge in [0.25, 0.3) is 5.91 Å². The van der Waals surface area contributed by atoms with E-state index in [4.69, 9.17) is 4.42 Å². The molecular formula is C22H24N4O2. The lowest BCUT2D eigenvalue weighted by atomic mass is 10.0. The van der Waals surface area contributed by atoms with Gasteiger partial charge in [0.05, 0.1) is 18.4 Å². The van der Waals surface area contributed by atoms with Gasteiger partial charge < -0.3 is 9.32 Å². The van der Waals surface area contributed by atoms with Crippen LogP contribution >= 0.6 is 0 Å². The van der Waals surface area contributed by atoms with Crippen molar-refractivity contribution in [1.82, 2.24) is 19.8 Å². The average molecular weight is 376 g/mol. The highest BCUT2D eigenvalue weighted by atomic mass is 16.3. The number of pyridine rings is 2. The van der Waals surface area contributed by atoms with E-state index in [2.05, 4.69) is 27.0 Å². The summed E-state index contributed by atoms with van der Waals surface area (Å²) in [5.74, 6) is 0.813. The largest absolute Gasteiger partial charge is 0.467 e. The van der Waals surface area contributed by atoms with Gasteiger partial charge in [-0.25, -0.2) is 0 Å². The summed E-state index contributed by atoms with van der Waals surface area (Å²) in [6, 6.07) is 11.7. The predicted molar refractivity (Wildman–Crippen MR) is 105 cm³/mol. The third kappa shape index (κ3) is 4.46. The van der Waals surface area contributed by atoms with Crippen LogP contribution in [0.5, 0.6) is 0 Å². The van der Waals surface area contributed by atoms with Crippen LogP contribution in [0.4, 0.5) is 0 Å². The summed E-state index contributed by atoms with van der Waals surface area (Å²) in [6.07, 6.45) is 10.5. The van der Waals surface area contributed by atoms with E-state index < -0.39 is 0 Å². The molecule has 0 atom stereocenters. The fourth-order valence-electron chi connectivity index (χ4n) is 3.73. The van der Waals surface area contributed by atoms with Gasteiger partial charge in [-0.1, -0.05) is 0 Å². The summed E-state index contributed by atoms with van der Waals surface area (Å²) in [4.78, 5) is 25.7. The van der Waals surface area contributed by atoms with Gasteiger partial charge in [-0.3, -0.25) is 19.7 Å². The third-order valence-electron chi connectivity index (χ3n) is 5.23. The number of carbonyl (C=O) groups is 1. The van der Waals surface area contributed by atoms with E-state index in [0.717, 1.165) is 38.2 Å². The zero-order valence-electron chi connectivity index (χ0n) is 15.8. The zero-order valence-corrected chi connectivity index (χ0v) is 15.8. The van der Waals surface area contributed by atoms with E-state index in [1.807, 2.05) is 35.5 Å². The summed E-state index contributed by atoms with van der Waals surface area (Å²) in [7, 11) is 0. The number of hydrogen-bond acceptors (Lipinski definition) is 5. The first-order valence-corrected chi connectivity index (χ1v) is 9.64. The van der Waals surface area contributed by atoms with Crippen molar-refractivity contribution in [2.45, 2.75) is 32.0 Å². The van der Waals surface area contributed by atoms with Crippen LogP contribution in [-0.4, -0.2) is 44.8 Å². The molecule has 1 amide bonds. The molecular weight excluding hydrogens is 352 g/mol. The van der Waals surface area contributed by atoms with Crippen molar-refractivity contribution >= 4 is 5.91 Å². The topological polar surface area (TPSA) is 62.5 Å². The lowest BCUT2D eigenvalue weighted by Gasteiger charge is -2.38. The Kier molecular flexibility index (Phi) is 5.77. The first-order chi connectivity index (χ1) is 13.8. The summed E-state index contributed by atoms with van der Waals surface area (Å²) in [6.45, 7) is 3.32. The molecule has 1 aliphatic rings. The highest BCUT2D eigenvalue weighted by molar-refractivity contribution is 5.94. The number of hydrogen-bond donors (Lipinski definition) is 0. The van der Waals surface area contributed by atoms with Crippen molar-refractivity contribution in [3.8, 4) is 0 Å². The molecule has 28 heavy (non-hydrogen) atoms. The van der Waals surface area contributed by atoms with Crippen LogP contribution in [0.2, 0.25) is 0 Å². The van der Waals surface area contributed by atoms with Gasteiger partial charge in [0, 0.05) is 50.5 Å². The quantitative estimate of drug-likeness (QED) is 0.660. The Morgan fingerprint density at radius 1 is 1.07 bits per heavy atom. The van der Waals surface area contributed by atoms with Crippen LogP contribution in [0.15, 0.2) is 71.9 Å². The van der Waals surface area contributed by atoms with Crippen molar-refractivity contribution < 1.29 is 9.21 Å². The lowest BCUT2D eigenvalue weighted by molar-refractivity contribution is 0.0523. The van der Waals surface area contributed by atoms with Gasteiger partial charge >= 0.3 is 0 Å². The monoisotopic (exact) mass is 376 g/mol. The van der Waals surface area contributed by atoms with Gasteiger partial charge in [0.2, 0.25) is 0 Å². The molecule has 0 aliphatic carbocycles. The van der Waals surface area contributed by atoms with Crippen LogP contribution in [0.25, 0.3) is 0 Å². The smallest absolute Gasteiger partial charge is 0.256 e. The van der Waals surface area contributed by atoms with E-state index in [-0.39, 0.29) is 11.9 Å². The van der Waals surface area contributed by atoms with E-state index in [1.165, 1.54) is 5.56 Å². The Balaban J connectivity index is 1.44. The van der Waals surface area contributed by atoms with Gasteiger partial charge in [0.15, 0.2) is 0 Å². The fourth-order valence-corrected chi connectivity index (χ4v) is 3.73. The molecule has 1 aliphatic heterocycles. The molecule has 6 nitrogen and oxygen atoms in total. The number of furan rings is 1. The molecule has 0 spiro atoms. The number of amides is 1. The van der Waals surface area contributed by atoms with E-state index >= 15 is 0 Å². The first-order valence-electron chi connectivity index (χ1n) is 9.64. The van der Waals surface area contributed by atoms with Crippen LogP contribution in [0.3, 0.4) is 0 Å². The molecule has 0 bridgehead atoms. The van der Waals surface area contributed by atoms with Crippen LogP contribution in [-0.2, 0) is 13.1 Å². The normalized spacial score (nSPS) is 15.4. The van der Waals surface area contributed by atoms with E-state index in [9.17, 15) is 4.79 Å². The standard InChI is InChI=1S/C22H24N4O2/c27-22(19-3-1-9-24-15-19)26(17-21-4-2-14-28-21)20-7-12-25(13-8-20)16-18-5-10-23-11-6-18/h1-6,9-11,14-15,20H,7-8,12-13,16-17H2. The Bertz CT molecular complexity index is 860. The molecule has 1 fully saturated rings. The van der Waals surface area contributed by atoms with E-state index in [1.54, 1.807) is 24.7 Å².